The van der Waals surface area contributed by atoms with Crippen LogP contribution in [-0.4, -0.2) is 46.9 Å². The highest BCUT2D eigenvalue weighted by Crippen LogP contribution is 2.32. The van der Waals surface area contributed by atoms with Crippen LogP contribution in [0.4, 0.5) is 11.5 Å². The van der Waals surface area contributed by atoms with Crippen LogP contribution in [0.5, 0.6) is 0 Å². The standard InChI is InChI=1S/C23H32N4O3/c1-15(2)27(22(28)17-8-6-16(3)7-9-17)21-20(23(29)30)14-26(24-21)19-12-10-18(11-13-19)25(4)5/h10-17H,6-9H2,1-5H3,(H,29,30). The number of carboxylic acid groups (broad SMARTS) is 1. The number of amides is 1. The Bertz CT molecular complexity index is 894. The van der Waals surface area contributed by atoms with Crippen LogP contribution in [0, 0.1) is 11.8 Å². The number of benzene rings is 1. The molecule has 0 aliphatic heterocycles. The summed E-state index contributed by atoms with van der Waals surface area (Å²) < 4.78 is 1.55. The Morgan fingerprint density at radius 3 is 2.20 bits per heavy atom. The van der Waals surface area contributed by atoms with E-state index >= 15 is 0 Å². The Balaban J connectivity index is 1.97. The number of nitrogens with zero attached hydrogens (tertiary/aromatic N) is 4. The van der Waals surface area contributed by atoms with Crippen LogP contribution in [0.1, 0.15) is 56.8 Å². The zero-order chi connectivity index (χ0) is 22.0. The quantitative estimate of drug-likeness (QED) is 0.769. The van der Waals surface area contributed by atoms with Gasteiger partial charge in [0.05, 0.1) is 5.69 Å². The van der Waals surface area contributed by atoms with Gasteiger partial charge in [0.25, 0.3) is 0 Å². The van der Waals surface area contributed by atoms with E-state index in [9.17, 15) is 14.7 Å². The molecule has 1 saturated carbocycles. The van der Waals surface area contributed by atoms with Crippen LogP contribution in [0.2, 0.25) is 0 Å². The predicted molar refractivity (Wildman–Crippen MR) is 119 cm³/mol. The minimum atomic E-state index is -1.09. The predicted octanol–water partition coefficient (Wildman–Crippen LogP) is 4.20. The molecule has 2 aromatic rings. The van der Waals surface area contributed by atoms with Crippen molar-refractivity contribution in [2.45, 2.75) is 52.5 Å². The molecule has 3 rings (SSSR count). The molecule has 1 aromatic heterocycles. The van der Waals surface area contributed by atoms with E-state index in [1.165, 1.54) is 6.20 Å². The molecule has 1 N–H and O–H groups in total. The third-order valence-electron chi connectivity index (χ3n) is 5.90. The van der Waals surface area contributed by atoms with E-state index in [0.29, 0.717) is 5.92 Å². The fourth-order valence-electron chi connectivity index (χ4n) is 4.04. The highest BCUT2D eigenvalue weighted by atomic mass is 16.4. The van der Waals surface area contributed by atoms with Gasteiger partial charge in [0.1, 0.15) is 5.56 Å². The number of aromatic carboxylic acids is 1. The highest BCUT2D eigenvalue weighted by Gasteiger charge is 2.34. The summed E-state index contributed by atoms with van der Waals surface area (Å²) in [5, 5.41) is 14.4. The van der Waals surface area contributed by atoms with E-state index in [4.69, 9.17) is 0 Å². The topological polar surface area (TPSA) is 78.7 Å². The van der Waals surface area contributed by atoms with E-state index in [2.05, 4.69) is 12.0 Å². The smallest absolute Gasteiger partial charge is 0.341 e. The van der Waals surface area contributed by atoms with Gasteiger partial charge in [-0.15, -0.1) is 5.10 Å². The molecule has 0 unspecified atom stereocenters. The molecule has 30 heavy (non-hydrogen) atoms. The molecule has 1 aromatic carbocycles. The van der Waals surface area contributed by atoms with Crippen LogP contribution >= 0.6 is 0 Å². The molecular weight excluding hydrogens is 380 g/mol. The number of anilines is 2. The van der Waals surface area contributed by atoms with Crippen molar-refractivity contribution in [3.05, 3.63) is 36.0 Å². The van der Waals surface area contributed by atoms with Crippen molar-refractivity contribution in [2.75, 3.05) is 23.9 Å². The van der Waals surface area contributed by atoms with Crippen LogP contribution < -0.4 is 9.80 Å². The maximum Gasteiger partial charge on any atom is 0.341 e. The van der Waals surface area contributed by atoms with Crippen molar-refractivity contribution < 1.29 is 14.7 Å². The normalized spacial score (nSPS) is 19.0. The molecule has 7 heteroatoms. The number of hydrogen-bond acceptors (Lipinski definition) is 4. The van der Waals surface area contributed by atoms with Crippen molar-refractivity contribution in [3.8, 4) is 5.69 Å². The third-order valence-corrected chi connectivity index (χ3v) is 5.90. The van der Waals surface area contributed by atoms with Crippen molar-refractivity contribution in [1.82, 2.24) is 9.78 Å². The first-order valence-corrected chi connectivity index (χ1v) is 10.6. The second-order valence-corrected chi connectivity index (χ2v) is 8.79. The average molecular weight is 413 g/mol. The monoisotopic (exact) mass is 412 g/mol. The fourth-order valence-corrected chi connectivity index (χ4v) is 4.04. The molecule has 0 spiro atoms. The molecule has 1 fully saturated rings. The van der Waals surface area contributed by atoms with Gasteiger partial charge in [-0.05, 0) is 69.7 Å². The Kier molecular flexibility index (Phi) is 6.48. The lowest BCUT2D eigenvalue weighted by atomic mass is 9.82. The second kappa shape index (κ2) is 8.90. The molecule has 1 heterocycles. The van der Waals surface area contributed by atoms with Gasteiger partial charge in [0.2, 0.25) is 5.91 Å². The van der Waals surface area contributed by atoms with Gasteiger partial charge in [-0.25, -0.2) is 9.48 Å². The number of aromatic nitrogens is 2. The molecule has 0 radical (unpaired) electrons. The zero-order valence-corrected chi connectivity index (χ0v) is 18.5. The van der Waals surface area contributed by atoms with Crippen LogP contribution in [-0.2, 0) is 4.79 Å². The largest absolute Gasteiger partial charge is 0.477 e. The van der Waals surface area contributed by atoms with E-state index in [1.807, 2.05) is 57.1 Å². The second-order valence-electron chi connectivity index (χ2n) is 8.79. The van der Waals surface area contributed by atoms with Gasteiger partial charge >= 0.3 is 5.97 Å². The zero-order valence-electron chi connectivity index (χ0n) is 18.5. The van der Waals surface area contributed by atoms with E-state index < -0.39 is 5.97 Å². The Morgan fingerprint density at radius 1 is 1.10 bits per heavy atom. The molecule has 0 saturated heterocycles. The molecule has 0 bridgehead atoms. The fraction of sp³-hybridized carbons (Fsp3) is 0.522. The summed E-state index contributed by atoms with van der Waals surface area (Å²) in [5.74, 6) is -0.322. The Labute approximate surface area is 178 Å². The van der Waals surface area contributed by atoms with Gasteiger partial charge in [-0.2, -0.15) is 0 Å². The lowest BCUT2D eigenvalue weighted by Gasteiger charge is -2.32. The summed E-state index contributed by atoms with van der Waals surface area (Å²) in [6, 6.07) is 7.50. The maximum atomic E-state index is 13.4. The van der Waals surface area contributed by atoms with Crippen LogP contribution in [0.3, 0.4) is 0 Å². The van der Waals surface area contributed by atoms with Crippen molar-refractivity contribution in [2.24, 2.45) is 11.8 Å². The molecule has 1 amide bonds. The lowest BCUT2D eigenvalue weighted by Crippen LogP contribution is -2.43. The average Bonchev–Trinajstić information content (AvgIpc) is 3.13. The molecule has 7 nitrogen and oxygen atoms in total. The number of carbonyl (C=O) groups excluding carboxylic acids is 1. The maximum absolute atomic E-state index is 13.4. The minimum absolute atomic E-state index is 0.0207. The van der Waals surface area contributed by atoms with Crippen LogP contribution in [0.25, 0.3) is 5.69 Å². The summed E-state index contributed by atoms with van der Waals surface area (Å²) in [5.41, 5.74) is 1.82. The van der Waals surface area contributed by atoms with Gasteiger partial charge in [-0.3, -0.25) is 9.69 Å². The third kappa shape index (κ3) is 4.50. The number of carbonyl (C=O) groups is 2. The summed E-state index contributed by atoms with van der Waals surface area (Å²) in [7, 11) is 3.92. The van der Waals surface area contributed by atoms with Gasteiger partial charge < -0.3 is 10.0 Å². The Hall–Kier alpha value is -2.83. The van der Waals surface area contributed by atoms with E-state index in [0.717, 1.165) is 37.1 Å². The number of carboxylic acids is 1. The molecule has 1 aliphatic rings. The lowest BCUT2D eigenvalue weighted by molar-refractivity contribution is -0.123. The SMILES string of the molecule is CC1CCC(C(=O)N(c2nn(-c3ccc(N(C)C)cc3)cc2C(=O)O)C(C)C)CC1. The summed E-state index contributed by atoms with van der Waals surface area (Å²) >= 11 is 0. The van der Waals surface area contributed by atoms with Gasteiger partial charge in [0.15, 0.2) is 5.82 Å². The summed E-state index contributed by atoms with van der Waals surface area (Å²) in [4.78, 5) is 28.9. The molecule has 0 atom stereocenters. The first-order valence-electron chi connectivity index (χ1n) is 10.6. The molecular formula is C23H32N4O3. The van der Waals surface area contributed by atoms with Gasteiger partial charge in [-0.1, -0.05) is 6.92 Å². The number of hydrogen-bond donors (Lipinski definition) is 1. The van der Waals surface area contributed by atoms with Crippen molar-refractivity contribution in [3.63, 3.8) is 0 Å². The van der Waals surface area contributed by atoms with Gasteiger partial charge in [0, 0.05) is 37.9 Å². The number of rotatable bonds is 6. The summed E-state index contributed by atoms with van der Waals surface area (Å²) in [6.45, 7) is 6.02. The highest BCUT2D eigenvalue weighted by molar-refractivity contribution is 6.01. The van der Waals surface area contributed by atoms with Crippen molar-refractivity contribution in [1.29, 1.82) is 0 Å². The molecule has 1 aliphatic carbocycles. The summed E-state index contributed by atoms with van der Waals surface area (Å²) in [6.07, 6.45) is 5.24. The first-order chi connectivity index (χ1) is 14.2. The minimum Gasteiger partial charge on any atom is -0.477 e. The first kappa shape index (κ1) is 21.9. The van der Waals surface area contributed by atoms with E-state index in [-0.39, 0.29) is 29.2 Å². The van der Waals surface area contributed by atoms with Crippen molar-refractivity contribution >= 4 is 23.4 Å². The Morgan fingerprint density at radius 2 is 1.70 bits per heavy atom. The molecule has 162 valence electrons. The van der Waals surface area contributed by atoms with Crippen LogP contribution in [0.15, 0.2) is 30.5 Å². The van der Waals surface area contributed by atoms with E-state index in [1.54, 1.807) is 9.58 Å².